The average Bonchev–Trinajstić information content (AvgIpc) is 2.82. The van der Waals surface area contributed by atoms with Gasteiger partial charge < -0.3 is 9.30 Å². The number of aromatic nitrogens is 1. The van der Waals surface area contributed by atoms with Gasteiger partial charge in [0.15, 0.2) is 0 Å². The molecule has 0 unspecified atom stereocenters. The molecule has 0 N–H and O–H groups in total. The van der Waals surface area contributed by atoms with Crippen LogP contribution in [0, 0.1) is 5.82 Å². The van der Waals surface area contributed by atoms with Crippen LogP contribution in [0.1, 0.15) is 30.4 Å². The summed E-state index contributed by atoms with van der Waals surface area (Å²) in [5.41, 5.74) is 2.01. The smallest absolute Gasteiger partial charge is 0.354 e. The van der Waals surface area contributed by atoms with Gasteiger partial charge in [0.1, 0.15) is 11.5 Å². The van der Waals surface area contributed by atoms with Crippen LogP contribution in [0.2, 0.25) is 0 Å². The first-order valence-corrected chi connectivity index (χ1v) is 6.10. The minimum absolute atomic E-state index is 0.0716. The third kappa shape index (κ3) is 2.52. The van der Waals surface area contributed by atoms with Crippen molar-refractivity contribution in [2.45, 2.75) is 19.9 Å². The Labute approximate surface area is 111 Å². The Kier molecular flexibility index (Phi) is 3.69. The van der Waals surface area contributed by atoms with E-state index in [2.05, 4.69) is 0 Å². The lowest BCUT2D eigenvalue weighted by Crippen LogP contribution is -2.13. The predicted molar refractivity (Wildman–Crippen MR) is 71.6 cm³/mol. The molecule has 0 radical (unpaired) electrons. The Morgan fingerprint density at radius 3 is 2.58 bits per heavy atom. The quantitative estimate of drug-likeness (QED) is 0.789. The van der Waals surface area contributed by atoms with Crippen molar-refractivity contribution in [2.24, 2.45) is 0 Å². The molecule has 0 fully saturated rings. The Balaban J connectivity index is 2.58. The molecule has 2 rings (SSSR count). The molecule has 0 amide bonds. The van der Waals surface area contributed by atoms with E-state index >= 15 is 0 Å². The second kappa shape index (κ2) is 5.26. The Hall–Kier alpha value is -2.10. The Bertz CT molecular complexity index is 602. The van der Waals surface area contributed by atoms with Crippen LogP contribution >= 0.6 is 0 Å². The molecule has 1 heterocycles. The standard InChI is InChI=1S/C15H16FNO2/c1-10(2)17-13(7-8-14(17)15(18)19-3)11-5-4-6-12(16)9-11/h4-10H,1-3H3. The highest BCUT2D eigenvalue weighted by molar-refractivity contribution is 5.89. The van der Waals surface area contributed by atoms with Gasteiger partial charge in [-0.25, -0.2) is 9.18 Å². The average molecular weight is 261 g/mol. The number of methoxy groups -OCH3 is 1. The molecule has 2 aromatic rings. The molecule has 0 atom stereocenters. The van der Waals surface area contributed by atoms with Gasteiger partial charge in [-0.1, -0.05) is 12.1 Å². The Morgan fingerprint density at radius 1 is 1.26 bits per heavy atom. The summed E-state index contributed by atoms with van der Waals surface area (Å²) >= 11 is 0. The monoisotopic (exact) mass is 261 g/mol. The van der Waals surface area contributed by atoms with Crippen LogP contribution in [0.4, 0.5) is 4.39 Å². The number of carbonyl (C=O) groups excluding carboxylic acids is 1. The molecule has 0 saturated heterocycles. The van der Waals surface area contributed by atoms with E-state index in [1.54, 1.807) is 18.2 Å². The molecular formula is C15H16FNO2. The first-order valence-electron chi connectivity index (χ1n) is 6.10. The number of hydrogen-bond donors (Lipinski definition) is 0. The highest BCUT2D eigenvalue weighted by Crippen LogP contribution is 2.27. The minimum atomic E-state index is -0.392. The van der Waals surface area contributed by atoms with Crippen molar-refractivity contribution in [2.75, 3.05) is 7.11 Å². The highest BCUT2D eigenvalue weighted by atomic mass is 19.1. The topological polar surface area (TPSA) is 31.2 Å². The van der Waals surface area contributed by atoms with E-state index in [1.807, 2.05) is 24.5 Å². The van der Waals surface area contributed by atoms with Crippen molar-refractivity contribution in [3.8, 4) is 11.3 Å². The SMILES string of the molecule is COC(=O)c1ccc(-c2cccc(F)c2)n1C(C)C. The van der Waals surface area contributed by atoms with E-state index in [0.29, 0.717) is 5.69 Å². The molecule has 0 aliphatic rings. The second-order valence-corrected chi connectivity index (χ2v) is 4.57. The van der Waals surface area contributed by atoms with E-state index < -0.39 is 5.97 Å². The lowest BCUT2D eigenvalue weighted by Gasteiger charge is -2.16. The van der Waals surface area contributed by atoms with Crippen LogP contribution in [0.5, 0.6) is 0 Å². The van der Waals surface area contributed by atoms with Crippen molar-refractivity contribution in [1.82, 2.24) is 4.57 Å². The molecule has 100 valence electrons. The van der Waals surface area contributed by atoms with Crippen LogP contribution in [0.15, 0.2) is 36.4 Å². The normalized spacial score (nSPS) is 10.8. The van der Waals surface area contributed by atoms with E-state index in [4.69, 9.17) is 4.74 Å². The number of rotatable bonds is 3. The first-order chi connectivity index (χ1) is 9.04. The summed E-state index contributed by atoms with van der Waals surface area (Å²) in [5.74, 6) is -0.690. The van der Waals surface area contributed by atoms with Gasteiger partial charge in [-0.2, -0.15) is 0 Å². The van der Waals surface area contributed by atoms with Crippen molar-refractivity contribution in [3.63, 3.8) is 0 Å². The van der Waals surface area contributed by atoms with Crippen molar-refractivity contribution >= 4 is 5.97 Å². The van der Waals surface area contributed by atoms with Crippen LogP contribution in [-0.4, -0.2) is 17.6 Å². The summed E-state index contributed by atoms with van der Waals surface area (Å²) in [5, 5.41) is 0. The van der Waals surface area contributed by atoms with Gasteiger partial charge in [0.2, 0.25) is 0 Å². The van der Waals surface area contributed by atoms with Gasteiger partial charge in [-0.3, -0.25) is 0 Å². The van der Waals surface area contributed by atoms with Gasteiger partial charge in [0.25, 0.3) is 0 Å². The van der Waals surface area contributed by atoms with E-state index in [9.17, 15) is 9.18 Å². The zero-order valence-corrected chi connectivity index (χ0v) is 11.2. The zero-order valence-electron chi connectivity index (χ0n) is 11.2. The molecule has 0 aliphatic heterocycles. The van der Waals surface area contributed by atoms with Crippen LogP contribution < -0.4 is 0 Å². The van der Waals surface area contributed by atoms with Crippen molar-refractivity contribution in [1.29, 1.82) is 0 Å². The third-order valence-corrected chi connectivity index (χ3v) is 2.95. The number of nitrogens with zero attached hydrogens (tertiary/aromatic N) is 1. The summed E-state index contributed by atoms with van der Waals surface area (Å²) in [6, 6.07) is 9.90. The van der Waals surface area contributed by atoms with Crippen LogP contribution in [0.25, 0.3) is 11.3 Å². The summed E-state index contributed by atoms with van der Waals surface area (Å²) in [6.45, 7) is 3.93. The largest absolute Gasteiger partial charge is 0.464 e. The van der Waals surface area contributed by atoms with E-state index in [0.717, 1.165) is 11.3 Å². The molecule has 0 saturated carbocycles. The van der Waals surface area contributed by atoms with Gasteiger partial charge >= 0.3 is 5.97 Å². The lowest BCUT2D eigenvalue weighted by molar-refractivity contribution is 0.0587. The molecule has 1 aromatic carbocycles. The first kappa shape index (κ1) is 13.3. The number of hydrogen-bond acceptors (Lipinski definition) is 2. The summed E-state index contributed by atoms with van der Waals surface area (Å²) in [7, 11) is 1.35. The summed E-state index contributed by atoms with van der Waals surface area (Å²) in [6.07, 6.45) is 0. The molecule has 0 spiro atoms. The molecule has 19 heavy (non-hydrogen) atoms. The molecule has 0 aliphatic carbocycles. The van der Waals surface area contributed by atoms with Crippen molar-refractivity contribution < 1.29 is 13.9 Å². The maximum Gasteiger partial charge on any atom is 0.354 e. The zero-order chi connectivity index (χ0) is 14.0. The van der Waals surface area contributed by atoms with Crippen molar-refractivity contribution in [3.05, 3.63) is 47.9 Å². The van der Waals surface area contributed by atoms with Gasteiger partial charge in [0, 0.05) is 17.3 Å². The summed E-state index contributed by atoms with van der Waals surface area (Å²) in [4.78, 5) is 11.7. The highest BCUT2D eigenvalue weighted by Gasteiger charge is 2.18. The minimum Gasteiger partial charge on any atom is -0.464 e. The summed E-state index contributed by atoms with van der Waals surface area (Å²) < 4.78 is 19.9. The molecule has 4 heteroatoms. The molecule has 0 bridgehead atoms. The number of halogens is 1. The maximum atomic E-state index is 13.3. The van der Waals surface area contributed by atoms with Crippen LogP contribution in [-0.2, 0) is 4.74 Å². The molecular weight excluding hydrogens is 245 g/mol. The molecule has 1 aromatic heterocycles. The number of carbonyl (C=O) groups is 1. The van der Waals surface area contributed by atoms with Crippen LogP contribution in [0.3, 0.4) is 0 Å². The lowest BCUT2D eigenvalue weighted by atomic mass is 10.1. The fourth-order valence-corrected chi connectivity index (χ4v) is 2.16. The van der Waals surface area contributed by atoms with E-state index in [-0.39, 0.29) is 11.9 Å². The predicted octanol–water partition coefficient (Wildman–Crippen LogP) is 3.66. The fraction of sp³-hybridized carbons (Fsp3) is 0.267. The van der Waals surface area contributed by atoms with E-state index in [1.165, 1.54) is 19.2 Å². The third-order valence-electron chi connectivity index (χ3n) is 2.95. The number of esters is 1. The Morgan fingerprint density at radius 2 is 2.00 bits per heavy atom. The van der Waals surface area contributed by atoms with Gasteiger partial charge in [-0.15, -0.1) is 0 Å². The number of ether oxygens (including phenoxy) is 1. The van der Waals surface area contributed by atoms with Gasteiger partial charge in [-0.05, 0) is 38.1 Å². The molecule has 3 nitrogen and oxygen atoms in total. The second-order valence-electron chi connectivity index (χ2n) is 4.57. The van der Waals surface area contributed by atoms with Gasteiger partial charge in [0.05, 0.1) is 7.11 Å². The maximum absolute atomic E-state index is 13.3. The fourth-order valence-electron chi connectivity index (χ4n) is 2.16. The number of benzene rings is 1.